The number of benzene rings is 1. The lowest BCUT2D eigenvalue weighted by atomic mass is 9.99. The molecule has 0 spiro atoms. The summed E-state index contributed by atoms with van der Waals surface area (Å²) in [5.74, 6) is 0.923. The van der Waals surface area contributed by atoms with Gasteiger partial charge in [0.1, 0.15) is 0 Å². The molecule has 0 amide bonds. The molecule has 1 aromatic heterocycles. The van der Waals surface area contributed by atoms with Gasteiger partial charge in [-0.05, 0) is 54.9 Å². The zero-order valence-corrected chi connectivity index (χ0v) is 12.4. The van der Waals surface area contributed by atoms with Gasteiger partial charge in [0, 0.05) is 31.3 Å². The Hall–Kier alpha value is -1.32. The Morgan fingerprint density at radius 3 is 2.95 bits per heavy atom. The number of hydrogen-bond donors (Lipinski definition) is 2. The Morgan fingerprint density at radius 2 is 2.10 bits per heavy atom. The van der Waals surface area contributed by atoms with Gasteiger partial charge >= 0.3 is 0 Å². The highest BCUT2D eigenvalue weighted by molar-refractivity contribution is 5.79. The Morgan fingerprint density at radius 1 is 1.25 bits per heavy atom. The van der Waals surface area contributed by atoms with Gasteiger partial charge in [0.15, 0.2) is 0 Å². The first kappa shape index (κ1) is 13.7. The quantitative estimate of drug-likeness (QED) is 0.819. The van der Waals surface area contributed by atoms with Gasteiger partial charge < -0.3 is 15.2 Å². The Bertz CT molecular complexity index is 538. The summed E-state index contributed by atoms with van der Waals surface area (Å²) in [5.41, 5.74) is 2.58. The van der Waals surface area contributed by atoms with E-state index in [0.717, 1.165) is 19.0 Å². The minimum atomic E-state index is 0.923. The van der Waals surface area contributed by atoms with E-state index in [0.29, 0.717) is 0 Å². The number of nitrogens with zero attached hydrogens (tertiary/aromatic N) is 1. The van der Waals surface area contributed by atoms with Crippen molar-refractivity contribution in [2.75, 3.05) is 26.2 Å². The van der Waals surface area contributed by atoms with Gasteiger partial charge in [0.05, 0.1) is 0 Å². The van der Waals surface area contributed by atoms with Crippen LogP contribution in [0.5, 0.6) is 0 Å². The summed E-state index contributed by atoms with van der Waals surface area (Å²) >= 11 is 0. The molecule has 1 fully saturated rings. The first-order valence-electron chi connectivity index (χ1n) is 7.80. The van der Waals surface area contributed by atoms with Crippen LogP contribution in [-0.2, 0) is 6.54 Å². The van der Waals surface area contributed by atoms with E-state index < -0.39 is 0 Å². The van der Waals surface area contributed by atoms with E-state index in [1.165, 1.54) is 48.9 Å². The molecule has 108 valence electrons. The Kier molecular flexibility index (Phi) is 4.38. The van der Waals surface area contributed by atoms with E-state index in [9.17, 15) is 0 Å². The van der Waals surface area contributed by atoms with Crippen LogP contribution in [0.15, 0.2) is 30.5 Å². The molecule has 2 aromatic rings. The smallest absolute Gasteiger partial charge is 0.0457 e. The fraction of sp³-hybridized carbons (Fsp3) is 0.529. The van der Waals surface area contributed by atoms with Crippen molar-refractivity contribution in [3.05, 3.63) is 36.0 Å². The Labute approximate surface area is 121 Å². The predicted molar refractivity (Wildman–Crippen MR) is 84.8 cm³/mol. The fourth-order valence-electron chi connectivity index (χ4n) is 2.96. The van der Waals surface area contributed by atoms with Crippen molar-refractivity contribution in [1.82, 2.24) is 15.2 Å². The van der Waals surface area contributed by atoms with Crippen molar-refractivity contribution in [3.63, 3.8) is 0 Å². The van der Waals surface area contributed by atoms with Crippen molar-refractivity contribution < 1.29 is 0 Å². The summed E-state index contributed by atoms with van der Waals surface area (Å²) in [6.45, 7) is 8.13. The second-order valence-electron chi connectivity index (χ2n) is 6.10. The number of H-pyrrole nitrogens is 1. The van der Waals surface area contributed by atoms with Crippen LogP contribution in [0, 0.1) is 5.92 Å². The van der Waals surface area contributed by atoms with E-state index in [4.69, 9.17) is 0 Å². The lowest BCUT2D eigenvalue weighted by Gasteiger charge is -2.30. The minimum absolute atomic E-state index is 0.923. The third-order valence-corrected chi connectivity index (χ3v) is 4.43. The van der Waals surface area contributed by atoms with Gasteiger partial charge in [-0.2, -0.15) is 0 Å². The van der Waals surface area contributed by atoms with Crippen LogP contribution >= 0.6 is 0 Å². The molecule has 1 aliphatic heterocycles. The van der Waals surface area contributed by atoms with E-state index in [1.807, 2.05) is 6.20 Å². The molecule has 3 rings (SSSR count). The van der Waals surface area contributed by atoms with Gasteiger partial charge in [0.2, 0.25) is 0 Å². The van der Waals surface area contributed by atoms with Crippen LogP contribution in [0.3, 0.4) is 0 Å². The van der Waals surface area contributed by atoms with Gasteiger partial charge in [-0.25, -0.2) is 0 Å². The summed E-state index contributed by atoms with van der Waals surface area (Å²) in [7, 11) is 0. The Balaban J connectivity index is 1.41. The molecule has 0 radical (unpaired) electrons. The van der Waals surface area contributed by atoms with Gasteiger partial charge in [-0.15, -0.1) is 0 Å². The first-order valence-corrected chi connectivity index (χ1v) is 7.80. The molecule has 1 aliphatic rings. The molecule has 1 saturated heterocycles. The largest absolute Gasteiger partial charge is 0.361 e. The minimum Gasteiger partial charge on any atom is -0.361 e. The maximum absolute atomic E-state index is 3.56. The summed E-state index contributed by atoms with van der Waals surface area (Å²) in [4.78, 5) is 5.85. The lowest BCUT2D eigenvalue weighted by molar-refractivity contribution is 0.193. The van der Waals surface area contributed by atoms with Crippen LogP contribution in [-0.4, -0.2) is 36.1 Å². The molecule has 0 unspecified atom stereocenters. The highest BCUT2D eigenvalue weighted by atomic mass is 15.1. The SMILES string of the molecule is CC1CCN(CCNCc2ccc3cc[nH]c3c2)CC1. The second-order valence-corrected chi connectivity index (χ2v) is 6.10. The standard InChI is InChI=1S/C17H25N3/c1-14-5-9-20(10-6-14)11-8-18-13-15-2-3-16-4-7-19-17(16)12-15/h2-4,7,12,14,18-19H,5-6,8-11,13H2,1H3. The average Bonchev–Trinajstić information content (AvgIpc) is 2.93. The number of fused-ring (bicyclic) bond motifs is 1. The van der Waals surface area contributed by atoms with Crippen LogP contribution in [0.1, 0.15) is 25.3 Å². The monoisotopic (exact) mass is 271 g/mol. The molecule has 0 atom stereocenters. The maximum Gasteiger partial charge on any atom is 0.0457 e. The highest BCUT2D eigenvalue weighted by Crippen LogP contribution is 2.15. The van der Waals surface area contributed by atoms with Crippen molar-refractivity contribution >= 4 is 10.9 Å². The van der Waals surface area contributed by atoms with E-state index in [-0.39, 0.29) is 0 Å². The summed E-state index contributed by atoms with van der Waals surface area (Å²) in [5, 5.41) is 4.85. The molecule has 2 N–H and O–H groups in total. The fourth-order valence-corrected chi connectivity index (χ4v) is 2.96. The van der Waals surface area contributed by atoms with Gasteiger partial charge in [0.25, 0.3) is 0 Å². The molecule has 2 heterocycles. The zero-order valence-electron chi connectivity index (χ0n) is 12.4. The lowest BCUT2D eigenvalue weighted by Crippen LogP contribution is -2.37. The number of aromatic amines is 1. The molecule has 20 heavy (non-hydrogen) atoms. The third kappa shape index (κ3) is 3.41. The number of hydrogen-bond acceptors (Lipinski definition) is 2. The summed E-state index contributed by atoms with van der Waals surface area (Å²) in [6.07, 6.45) is 4.73. The first-order chi connectivity index (χ1) is 9.81. The molecule has 3 heteroatoms. The third-order valence-electron chi connectivity index (χ3n) is 4.43. The van der Waals surface area contributed by atoms with Crippen molar-refractivity contribution in [2.45, 2.75) is 26.3 Å². The maximum atomic E-state index is 3.56. The highest BCUT2D eigenvalue weighted by Gasteiger charge is 2.14. The molecule has 0 aliphatic carbocycles. The van der Waals surface area contributed by atoms with Gasteiger partial charge in [-0.3, -0.25) is 0 Å². The van der Waals surface area contributed by atoms with Crippen molar-refractivity contribution in [2.24, 2.45) is 5.92 Å². The number of nitrogens with one attached hydrogen (secondary N) is 2. The molecular weight excluding hydrogens is 246 g/mol. The van der Waals surface area contributed by atoms with Crippen molar-refractivity contribution in [1.29, 1.82) is 0 Å². The number of aromatic nitrogens is 1. The number of rotatable bonds is 5. The second kappa shape index (κ2) is 6.42. The van der Waals surface area contributed by atoms with Crippen LogP contribution < -0.4 is 5.32 Å². The zero-order chi connectivity index (χ0) is 13.8. The normalized spacial score (nSPS) is 17.9. The average molecular weight is 271 g/mol. The van der Waals surface area contributed by atoms with Gasteiger partial charge in [-0.1, -0.05) is 19.1 Å². The topological polar surface area (TPSA) is 31.1 Å². The van der Waals surface area contributed by atoms with E-state index in [1.54, 1.807) is 0 Å². The van der Waals surface area contributed by atoms with Crippen LogP contribution in [0.2, 0.25) is 0 Å². The molecular formula is C17H25N3. The van der Waals surface area contributed by atoms with E-state index >= 15 is 0 Å². The molecule has 1 aromatic carbocycles. The summed E-state index contributed by atoms with van der Waals surface area (Å²) in [6, 6.07) is 8.76. The van der Waals surface area contributed by atoms with E-state index in [2.05, 4.69) is 46.4 Å². The number of likely N-dealkylation sites (tertiary alicyclic amines) is 1. The van der Waals surface area contributed by atoms with Crippen LogP contribution in [0.25, 0.3) is 10.9 Å². The van der Waals surface area contributed by atoms with Crippen LogP contribution in [0.4, 0.5) is 0 Å². The predicted octanol–water partition coefficient (Wildman–Crippen LogP) is 2.99. The molecule has 3 nitrogen and oxygen atoms in total. The molecule has 0 bridgehead atoms. The summed E-state index contributed by atoms with van der Waals surface area (Å²) < 4.78 is 0. The molecule has 0 saturated carbocycles. The number of piperidine rings is 1. The van der Waals surface area contributed by atoms with Crippen molar-refractivity contribution in [3.8, 4) is 0 Å².